The standard InChI is InChI=1S/C26H35N7O3/c1-31-13-14-33(26(31)36)20-3-2-12-32(16-20)22-15-28-23(24(27)35)25(30-22)29-19-8-4-17(5-9-19)18-6-10-21(34)11-7-18/h4-5,8-9,15,18,20-21,34H,2-3,6-7,10-14,16H2,1H3,(H2,27,35)(H,29,30)/t18?,20-,21?/m1/s1. The SMILES string of the molecule is CN1CCN([C@@H]2CCCN(c3cnc(C(N)=O)c(Nc4ccc(C5CCC(O)CC5)cc4)n3)C2)C1=O. The molecule has 192 valence electrons. The molecule has 1 aromatic heterocycles. The van der Waals surface area contributed by atoms with Gasteiger partial charge in [0.25, 0.3) is 5.91 Å². The minimum Gasteiger partial charge on any atom is -0.393 e. The fraction of sp³-hybridized carbons (Fsp3) is 0.538. The number of rotatable bonds is 6. The van der Waals surface area contributed by atoms with E-state index < -0.39 is 5.91 Å². The molecule has 2 aromatic rings. The first-order chi connectivity index (χ1) is 17.4. The van der Waals surface area contributed by atoms with Gasteiger partial charge >= 0.3 is 6.03 Å². The van der Waals surface area contributed by atoms with E-state index in [1.165, 1.54) is 5.56 Å². The lowest BCUT2D eigenvalue weighted by Gasteiger charge is -2.37. The van der Waals surface area contributed by atoms with Crippen LogP contribution in [0.25, 0.3) is 0 Å². The fourth-order valence-corrected chi connectivity index (χ4v) is 5.61. The first-order valence-electron chi connectivity index (χ1n) is 12.9. The number of likely N-dealkylation sites (N-methyl/N-ethyl adjacent to an activating group) is 1. The molecular weight excluding hydrogens is 458 g/mol. The Morgan fingerprint density at radius 1 is 1.08 bits per heavy atom. The van der Waals surface area contributed by atoms with Crippen molar-refractivity contribution >= 4 is 29.3 Å². The summed E-state index contributed by atoms with van der Waals surface area (Å²) in [5.74, 6) is 0.800. The van der Waals surface area contributed by atoms with Crippen molar-refractivity contribution < 1.29 is 14.7 Å². The molecule has 0 radical (unpaired) electrons. The number of hydrogen-bond acceptors (Lipinski definition) is 7. The molecule has 10 nitrogen and oxygen atoms in total. The molecule has 10 heteroatoms. The van der Waals surface area contributed by atoms with Crippen molar-refractivity contribution in [3.8, 4) is 0 Å². The van der Waals surface area contributed by atoms with Crippen LogP contribution in [-0.2, 0) is 0 Å². The summed E-state index contributed by atoms with van der Waals surface area (Å²) in [6.07, 6.45) is 6.98. The summed E-state index contributed by atoms with van der Waals surface area (Å²) in [5.41, 5.74) is 7.74. The molecule has 1 aliphatic carbocycles. The number of anilines is 3. The van der Waals surface area contributed by atoms with Crippen LogP contribution in [0.5, 0.6) is 0 Å². The Hall–Kier alpha value is -3.40. The van der Waals surface area contributed by atoms with E-state index in [0.29, 0.717) is 24.1 Å². The molecular formula is C26H35N7O3. The number of piperidine rings is 1. The van der Waals surface area contributed by atoms with Crippen LogP contribution in [0.3, 0.4) is 0 Å². The number of primary amides is 1. The number of hydrogen-bond donors (Lipinski definition) is 3. The number of carbonyl (C=O) groups is 2. The number of nitrogens with one attached hydrogen (secondary N) is 1. The summed E-state index contributed by atoms with van der Waals surface area (Å²) in [6, 6.07) is 8.33. The molecule has 3 aliphatic rings. The first kappa shape index (κ1) is 24.3. The molecule has 0 unspecified atom stereocenters. The lowest BCUT2D eigenvalue weighted by atomic mass is 9.83. The van der Waals surface area contributed by atoms with Gasteiger partial charge in [0.05, 0.1) is 18.3 Å². The second-order valence-corrected chi connectivity index (χ2v) is 10.2. The normalized spacial score (nSPS) is 24.8. The Morgan fingerprint density at radius 3 is 2.50 bits per heavy atom. The van der Waals surface area contributed by atoms with Crippen molar-refractivity contribution in [2.45, 2.75) is 56.6 Å². The number of urea groups is 1. The Labute approximate surface area is 211 Å². The molecule has 0 bridgehead atoms. The van der Waals surface area contributed by atoms with Gasteiger partial charge in [0.2, 0.25) is 0 Å². The molecule has 36 heavy (non-hydrogen) atoms. The molecule has 3 heterocycles. The fourth-order valence-electron chi connectivity index (χ4n) is 5.61. The van der Waals surface area contributed by atoms with Crippen molar-refractivity contribution in [2.24, 2.45) is 5.73 Å². The van der Waals surface area contributed by atoms with Crippen LogP contribution in [0.15, 0.2) is 30.5 Å². The molecule has 5 rings (SSSR count). The highest BCUT2D eigenvalue weighted by Gasteiger charge is 2.34. The van der Waals surface area contributed by atoms with Gasteiger partial charge in [-0.05, 0) is 62.1 Å². The summed E-state index contributed by atoms with van der Waals surface area (Å²) in [4.78, 5) is 39.5. The zero-order chi connectivity index (χ0) is 25.2. The lowest BCUT2D eigenvalue weighted by molar-refractivity contribution is 0.0996. The van der Waals surface area contributed by atoms with Crippen molar-refractivity contribution in [3.05, 3.63) is 41.7 Å². The highest BCUT2D eigenvalue weighted by molar-refractivity contribution is 5.96. The van der Waals surface area contributed by atoms with Crippen molar-refractivity contribution in [1.82, 2.24) is 19.8 Å². The van der Waals surface area contributed by atoms with Gasteiger partial charge in [0, 0.05) is 38.9 Å². The van der Waals surface area contributed by atoms with E-state index in [4.69, 9.17) is 10.7 Å². The maximum absolute atomic E-state index is 12.5. The van der Waals surface area contributed by atoms with Gasteiger partial charge in [0.15, 0.2) is 11.5 Å². The van der Waals surface area contributed by atoms with Crippen LogP contribution >= 0.6 is 0 Å². The van der Waals surface area contributed by atoms with Gasteiger partial charge in [0.1, 0.15) is 5.82 Å². The number of benzene rings is 1. The largest absolute Gasteiger partial charge is 0.393 e. The van der Waals surface area contributed by atoms with Crippen molar-refractivity contribution in [1.29, 1.82) is 0 Å². The number of nitrogens with two attached hydrogens (primary N) is 1. The molecule has 1 saturated carbocycles. The number of nitrogens with zero attached hydrogens (tertiary/aromatic N) is 5. The predicted octanol–water partition coefficient (Wildman–Crippen LogP) is 2.67. The number of carbonyl (C=O) groups excluding carboxylic acids is 2. The monoisotopic (exact) mass is 493 g/mol. The smallest absolute Gasteiger partial charge is 0.320 e. The van der Waals surface area contributed by atoms with E-state index in [2.05, 4.69) is 27.3 Å². The summed E-state index contributed by atoms with van der Waals surface area (Å²) >= 11 is 0. The number of aromatic nitrogens is 2. The second kappa shape index (κ2) is 10.3. The van der Waals surface area contributed by atoms with E-state index >= 15 is 0 Å². The third-order valence-electron chi connectivity index (χ3n) is 7.74. The average molecular weight is 494 g/mol. The van der Waals surface area contributed by atoms with Gasteiger partial charge in [-0.15, -0.1) is 0 Å². The summed E-state index contributed by atoms with van der Waals surface area (Å²) < 4.78 is 0. The second-order valence-electron chi connectivity index (χ2n) is 10.2. The molecule has 3 amide bonds. The maximum atomic E-state index is 12.5. The Kier molecular flexibility index (Phi) is 6.95. The van der Waals surface area contributed by atoms with Crippen LogP contribution in [0.2, 0.25) is 0 Å². The number of amides is 3. The van der Waals surface area contributed by atoms with Crippen LogP contribution < -0.4 is 16.0 Å². The molecule has 3 fully saturated rings. The lowest BCUT2D eigenvalue weighted by Crippen LogP contribution is -2.49. The Morgan fingerprint density at radius 2 is 1.83 bits per heavy atom. The van der Waals surface area contributed by atoms with Gasteiger partial charge < -0.3 is 30.9 Å². The molecule has 0 spiro atoms. The predicted molar refractivity (Wildman–Crippen MR) is 137 cm³/mol. The maximum Gasteiger partial charge on any atom is 0.320 e. The molecule has 1 atom stereocenters. The summed E-state index contributed by atoms with van der Waals surface area (Å²) in [7, 11) is 1.83. The summed E-state index contributed by atoms with van der Waals surface area (Å²) in [6.45, 7) is 2.97. The zero-order valence-electron chi connectivity index (χ0n) is 20.8. The summed E-state index contributed by atoms with van der Waals surface area (Å²) in [5, 5.41) is 13.0. The highest BCUT2D eigenvalue weighted by Crippen LogP contribution is 2.34. The van der Waals surface area contributed by atoms with Gasteiger partial charge in [-0.3, -0.25) is 4.79 Å². The van der Waals surface area contributed by atoms with Gasteiger partial charge in [-0.2, -0.15) is 0 Å². The minimum absolute atomic E-state index is 0.0761. The highest BCUT2D eigenvalue weighted by atomic mass is 16.3. The van der Waals surface area contributed by atoms with Gasteiger partial charge in [-0.25, -0.2) is 14.8 Å². The van der Waals surface area contributed by atoms with Crippen LogP contribution in [0.4, 0.5) is 22.1 Å². The van der Waals surface area contributed by atoms with Crippen LogP contribution in [0.1, 0.15) is 60.5 Å². The van der Waals surface area contributed by atoms with E-state index in [-0.39, 0.29) is 23.9 Å². The van der Waals surface area contributed by atoms with Gasteiger partial charge in [-0.1, -0.05) is 12.1 Å². The van der Waals surface area contributed by atoms with E-state index in [1.54, 1.807) is 11.1 Å². The minimum atomic E-state index is -0.642. The number of aliphatic hydroxyl groups is 1. The third-order valence-corrected chi connectivity index (χ3v) is 7.74. The quantitative estimate of drug-likeness (QED) is 0.564. The molecule has 1 aromatic carbocycles. The van der Waals surface area contributed by atoms with Crippen molar-refractivity contribution in [2.75, 3.05) is 43.4 Å². The van der Waals surface area contributed by atoms with E-state index in [0.717, 1.165) is 63.8 Å². The first-order valence-corrected chi connectivity index (χ1v) is 12.9. The van der Waals surface area contributed by atoms with E-state index in [1.807, 2.05) is 24.1 Å². The Bertz CT molecular complexity index is 1100. The van der Waals surface area contributed by atoms with Crippen LogP contribution in [-0.4, -0.2) is 82.2 Å². The van der Waals surface area contributed by atoms with Crippen LogP contribution in [0, 0.1) is 0 Å². The van der Waals surface area contributed by atoms with Crippen molar-refractivity contribution in [3.63, 3.8) is 0 Å². The zero-order valence-corrected chi connectivity index (χ0v) is 20.8. The topological polar surface area (TPSA) is 128 Å². The molecule has 2 aliphatic heterocycles. The molecule has 4 N–H and O–H groups in total. The van der Waals surface area contributed by atoms with E-state index in [9.17, 15) is 14.7 Å². The molecule has 2 saturated heterocycles. The number of aliphatic hydroxyl groups excluding tert-OH is 1. The third kappa shape index (κ3) is 5.09. The average Bonchev–Trinajstić information content (AvgIpc) is 3.23. The Balaban J connectivity index is 1.32.